The number of benzene rings is 1. The normalized spacial score (nSPS) is 19.8. The van der Waals surface area contributed by atoms with E-state index in [9.17, 15) is 13.2 Å². The number of aryl methyl sites for hydroxylation is 1. The third-order valence-electron chi connectivity index (χ3n) is 4.74. The van der Waals surface area contributed by atoms with Crippen molar-refractivity contribution < 1.29 is 22.7 Å². The number of pyridine rings is 1. The largest absolute Gasteiger partial charge is 0.487 e. The smallest absolute Gasteiger partial charge is 0.244 e. The molecule has 0 spiro atoms. The highest BCUT2D eigenvalue weighted by molar-refractivity contribution is 7.89. The zero-order valence-corrected chi connectivity index (χ0v) is 17.3. The standard InChI is InChI=1S/C20H25N3O5S/c1-15-6-3-4-8-19(15)29(25,26)23-14-17(28-16-7-5-9-21-13-16)12-18(23)20(24)22-10-11-27-2/h3-9,13,17-18H,10-12,14H2,1-2H3,(H,22,24)/t17-,18-/m0/s1. The molecular formula is C20H25N3O5S. The van der Waals surface area contributed by atoms with E-state index in [0.717, 1.165) is 0 Å². The van der Waals surface area contributed by atoms with Crippen molar-refractivity contribution >= 4 is 15.9 Å². The second kappa shape index (κ2) is 9.34. The molecule has 1 aliphatic rings. The lowest BCUT2D eigenvalue weighted by Crippen LogP contribution is -2.46. The Hall–Kier alpha value is -2.49. The van der Waals surface area contributed by atoms with Gasteiger partial charge in [0.05, 0.1) is 24.2 Å². The molecule has 0 bridgehead atoms. The molecule has 1 aromatic carbocycles. The molecule has 2 atom stereocenters. The Morgan fingerprint density at radius 2 is 2.07 bits per heavy atom. The molecule has 156 valence electrons. The van der Waals surface area contributed by atoms with Gasteiger partial charge in [0.15, 0.2) is 0 Å². The van der Waals surface area contributed by atoms with Crippen LogP contribution in [-0.2, 0) is 19.6 Å². The molecule has 1 N–H and O–H groups in total. The third-order valence-corrected chi connectivity index (χ3v) is 6.78. The van der Waals surface area contributed by atoms with Crippen molar-refractivity contribution in [2.75, 3.05) is 26.8 Å². The number of sulfonamides is 1. The van der Waals surface area contributed by atoms with Crippen molar-refractivity contribution in [3.63, 3.8) is 0 Å². The minimum atomic E-state index is -3.87. The summed E-state index contributed by atoms with van der Waals surface area (Å²) in [4.78, 5) is 16.9. The van der Waals surface area contributed by atoms with Gasteiger partial charge in [0.1, 0.15) is 17.9 Å². The van der Waals surface area contributed by atoms with Crippen molar-refractivity contribution in [3.8, 4) is 5.75 Å². The quantitative estimate of drug-likeness (QED) is 0.649. The van der Waals surface area contributed by atoms with E-state index in [-0.39, 0.29) is 23.8 Å². The van der Waals surface area contributed by atoms with E-state index in [1.165, 1.54) is 11.4 Å². The molecule has 1 saturated heterocycles. The van der Waals surface area contributed by atoms with E-state index in [2.05, 4.69) is 10.3 Å². The van der Waals surface area contributed by atoms with Crippen molar-refractivity contribution in [3.05, 3.63) is 54.4 Å². The topological polar surface area (TPSA) is 97.8 Å². The first-order chi connectivity index (χ1) is 13.9. The second-order valence-corrected chi connectivity index (χ2v) is 8.66. The first kappa shape index (κ1) is 21.2. The number of amides is 1. The van der Waals surface area contributed by atoms with Crippen molar-refractivity contribution in [2.45, 2.75) is 30.4 Å². The predicted octanol–water partition coefficient (Wildman–Crippen LogP) is 1.36. The van der Waals surface area contributed by atoms with Gasteiger partial charge >= 0.3 is 0 Å². The number of carbonyl (C=O) groups is 1. The summed E-state index contributed by atoms with van der Waals surface area (Å²) in [6.45, 7) is 2.46. The number of carbonyl (C=O) groups excluding carboxylic acids is 1. The highest BCUT2D eigenvalue weighted by Crippen LogP contribution is 2.30. The van der Waals surface area contributed by atoms with E-state index < -0.39 is 22.2 Å². The SMILES string of the molecule is COCCNC(=O)[C@@H]1C[C@H](Oc2cccnc2)CN1S(=O)(=O)c1ccccc1C. The van der Waals surface area contributed by atoms with Crippen molar-refractivity contribution in [1.82, 2.24) is 14.6 Å². The van der Waals surface area contributed by atoms with E-state index in [0.29, 0.717) is 24.5 Å². The van der Waals surface area contributed by atoms with E-state index in [1.807, 2.05) is 0 Å². The van der Waals surface area contributed by atoms with Gasteiger partial charge in [-0.25, -0.2) is 8.42 Å². The van der Waals surface area contributed by atoms with Gasteiger partial charge in [0, 0.05) is 26.3 Å². The molecule has 1 fully saturated rings. The highest BCUT2D eigenvalue weighted by Gasteiger charge is 2.45. The molecule has 1 aliphatic heterocycles. The maximum atomic E-state index is 13.4. The number of nitrogens with one attached hydrogen (secondary N) is 1. The molecule has 1 amide bonds. The Kier molecular flexibility index (Phi) is 6.83. The zero-order chi connectivity index (χ0) is 20.9. The molecule has 0 radical (unpaired) electrons. The number of methoxy groups -OCH3 is 1. The number of hydrogen-bond donors (Lipinski definition) is 1. The first-order valence-electron chi connectivity index (χ1n) is 9.34. The average molecular weight is 420 g/mol. The van der Waals surface area contributed by atoms with Gasteiger partial charge in [-0.1, -0.05) is 18.2 Å². The maximum absolute atomic E-state index is 13.4. The minimum absolute atomic E-state index is 0.0773. The Bertz CT molecular complexity index is 936. The summed E-state index contributed by atoms with van der Waals surface area (Å²) >= 11 is 0. The van der Waals surface area contributed by atoms with Crippen LogP contribution >= 0.6 is 0 Å². The van der Waals surface area contributed by atoms with Crippen LogP contribution in [0.2, 0.25) is 0 Å². The molecule has 2 heterocycles. The molecule has 1 aromatic heterocycles. The monoisotopic (exact) mass is 419 g/mol. The van der Waals surface area contributed by atoms with Gasteiger partial charge in [-0.3, -0.25) is 9.78 Å². The van der Waals surface area contributed by atoms with Crippen LogP contribution in [-0.4, -0.2) is 62.6 Å². The first-order valence-corrected chi connectivity index (χ1v) is 10.8. The van der Waals surface area contributed by atoms with E-state index in [4.69, 9.17) is 9.47 Å². The second-order valence-electron chi connectivity index (χ2n) is 6.80. The number of hydrogen-bond acceptors (Lipinski definition) is 6. The summed E-state index contributed by atoms with van der Waals surface area (Å²) in [5, 5.41) is 2.74. The van der Waals surface area contributed by atoms with Crippen LogP contribution in [0, 0.1) is 6.92 Å². The summed E-state index contributed by atoms with van der Waals surface area (Å²) in [6, 6.07) is 9.37. The fourth-order valence-corrected chi connectivity index (χ4v) is 5.19. The van der Waals surface area contributed by atoms with Crippen LogP contribution in [0.15, 0.2) is 53.7 Å². The predicted molar refractivity (Wildman–Crippen MR) is 107 cm³/mol. The van der Waals surface area contributed by atoms with Gasteiger partial charge in [-0.05, 0) is 30.7 Å². The summed E-state index contributed by atoms with van der Waals surface area (Å²) in [7, 11) is -2.34. The van der Waals surface area contributed by atoms with Crippen LogP contribution in [0.5, 0.6) is 5.75 Å². The Morgan fingerprint density at radius 3 is 2.76 bits per heavy atom. The van der Waals surface area contributed by atoms with Crippen LogP contribution < -0.4 is 10.1 Å². The van der Waals surface area contributed by atoms with Gasteiger partial charge in [-0.15, -0.1) is 0 Å². The fraction of sp³-hybridized carbons (Fsp3) is 0.400. The molecule has 8 nitrogen and oxygen atoms in total. The molecule has 0 saturated carbocycles. The van der Waals surface area contributed by atoms with Crippen LogP contribution in [0.1, 0.15) is 12.0 Å². The van der Waals surface area contributed by atoms with Crippen molar-refractivity contribution in [1.29, 1.82) is 0 Å². The summed E-state index contributed by atoms with van der Waals surface area (Å²) in [6.07, 6.45) is 2.98. The van der Waals surface area contributed by atoms with Crippen LogP contribution in [0.25, 0.3) is 0 Å². The van der Waals surface area contributed by atoms with Crippen LogP contribution in [0.3, 0.4) is 0 Å². The zero-order valence-electron chi connectivity index (χ0n) is 16.4. The Morgan fingerprint density at radius 1 is 1.28 bits per heavy atom. The van der Waals surface area contributed by atoms with Gasteiger partial charge in [-0.2, -0.15) is 4.31 Å². The Balaban J connectivity index is 1.86. The number of aromatic nitrogens is 1. The lowest BCUT2D eigenvalue weighted by Gasteiger charge is -2.23. The summed E-state index contributed by atoms with van der Waals surface area (Å²) in [5.74, 6) is 0.169. The molecule has 9 heteroatoms. The summed E-state index contributed by atoms with van der Waals surface area (Å²) < 4.78 is 38.8. The molecule has 3 rings (SSSR count). The highest BCUT2D eigenvalue weighted by atomic mass is 32.2. The number of rotatable bonds is 8. The van der Waals surface area contributed by atoms with Gasteiger partial charge < -0.3 is 14.8 Å². The van der Waals surface area contributed by atoms with E-state index in [1.54, 1.807) is 55.7 Å². The van der Waals surface area contributed by atoms with Crippen molar-refractivity contribution in [2.24, 2.45) is 0 Å². The Labute approximate surface area is 170 Å². The number of nitrogens with zero attached hydrogens (tertiary/aromatic N) is 2. The average Bonchev–Trinajstić information content (AvgIpc) is 3.14. The van der Waals surface area contributed by atoms with Gasteiger partial charge in [0.25, 0.3) is 0 Å². The molecule has 0 aliphatic carbocycles. The molecule has 29 heavy (non-hydrogen) atoms. The van der Waals surface area contributed by atoms with Gasteiger partial charge in [0.2, 0.25) is 15.9 Å². The molecule has 0 unspecified atom stereocenters. The lowest BCUT2D eigenvalue weighted by atomic mass is 10.2. The summed E-state index contributed by atoms with van der Waals surface area (Å²) in [5.41, 5.74) is 0.627. The minimum Gasteiger partial charge on any atom is -0.487 e. The number of ether oxygens (including phenoxy) is 2. The van der Waals surface area contributed by atoms with E-state index >= 15 is 0 Å². The molecule has 2 aromatic rings. The molecular weight excluding hydrogens is 394 g/mol. The third kappa shape index (κ3) is 4.92. The maximum Gasteiger partial charge on any atom is 0.244 e. The van der Waals surface area contributed by atoms with Crippen LogP contribution in [0.4, 0.5) is 0 Å². The fourth-order valence-electron chi connectivity index (χ4n) is 3.33. The lowest BCUT2D eigenvalue weighted by molar-refractivity contribution is -0.124.